The summed E-state index contributed by atoms with van der Waals surface area (Å²) >= 11 is 0. The van der Waals surface area contributed by atoms with Gasteiger partial charge < -0.3 is 25.0 Å². The number of para-hydroxylation sites is 2. The van der Waals surface area contributed by atoms with E-state index in [-0.39, 0.29) is 17.9 Å². The largest absolute Gasteiger partial charge is 0.444 e. The second kappa shape index (κ2) is 11.3. The lowest BCUT2D eigenvalue weighted by Gasteiger charge is -2.31. The predicted molar refractivity (Wildman–Crippen MR) is 144 cm³/mol. The van der Waals surface area contributed by atoms with E-state index in [0.29, 0.717) is 54.9 Å². The van der Waals surface area contributed by atoms with E-state index in [4.69, 9.17) is 14.5 Å². The number of carbonyl (C=O) groups excluding carboxylic acids is 1. The third-order valence-electron chi connectivity index (χ3n) is 6.83. The van der Waals surface area contributed by atoms with Gasteiger partial charge in [-0.05, 0) is 58.6 Å². The monoisotopic (exact) mass is 543 g/mol. The SMILES string of the molecule is CC(C)(C)OC(=O)NC1CCC(Nc2nc(N3CCOCC3)cc(-n3c(C(F)F)nc4ccccc43)n2)CC1. The van der Waals surface area contributed by atoms with Crippen LogP contribution < -0.4 is 15.5 Å². The molecule has 0 spiro atoms. The number of anilines is 2. The smallest absolute Gasteiger partial charge is 0.407 e. The quantitative estimate of drug-likeness (QED) is 0.455. The molecule has 3 heterocycles. The van der Waals surface area contributed by atoms with Gasteiger partial charge in [-0.2, -0.15) is 9.97 Å². The van der Waals surface area contributed by atoms with Crippen molar-refractivity contribution >= 4 is 28.9 Å². The van der Waals surface area contributed by atoms with Crippen molar-refractivity contribution in [3.63, 3.8) is 0 Å². The average Bonchev–Trinajstić information content (AvgIpc) is 3.29. The molecule has 0 atom stereocenters. The number of hydrogen-bond acceptors (Lipinski definition) is 8. The number of nitrogens with zero attached hydrogens (tertiary/aromatic N) is 5. The number of halogens is 2. The first-order valence-corrected chi connectivity index (χ1v) is 13.4. The highest BCUT2D eigenvalue weighted by atomic mass is 19.3. The maximum Gasteiger partial charge on any atom is 0.407 e. The van der Waals surface area contributed by atoms with E-state index < -0.39 is 18.1 Å². The lowest BCUT2D eigenvalue weighted by atomic mass is 9.91. The number of aromatic nitrogens is 4. The van der Waals surface area contributed by atoms with Crippen LogP contribution >= 0.6 is 0 Å². The van der Waals surface area contributed by atoms with Crippen molar-refractivity contribution in [1.29, 1.82) is 0 Å². The first kappa shape index (κ1) is 27.0. The molecule has 2 N–H and O–H groups in total. The Morgan fingerprint density at radius 1 is 1.03 bits per heavy atom. The number of imidazole rings is 1. The maximum atomic E-state index is 14.1. The molecule has 1 saturated carbocycles. The van der Waals surface area contributed by atoms with Gasteiger partial charge >= 0.3 is 6.09 Å². The molecule has 3 aromatic rings. The van der Waals surface area contributed by atoms with Gasteiger partial charge in [0, 0.05) is 31.2 Å². The Hall–Kier alpha value is -3.54. The van der Waals surface area contributed by atoms with E-state index in [1.807, 2.05) is 20.8 Å². The summed E-state index contributed by atoms with van der Waals surface area (Å²) in [5, 5.41) is 6.38. The Balaban J connectivity index is 1.38. The predicted octanol–water partition coefficient (Wildman–Crippen LogP) is 4.84. The van der Waals surface area contributed by atoms with Gasteiger partial charge in [-0.15, -0.1) is 0 Å². The molecule has 2 aromatic heterocycles. The zero-order valence-corrected chi connectivity index (χ0v) is 22.5. The van der Waals surface area contributed by atoms with Gasteiger partial charge in [0.15, 0.2) is 5.82 Å². The van der Waals surface area contributed by atoms with Crippen LogP contribution in [0.4, 0.5) is 25.3 Å². The summed E-state index contributed by atoms with van der Waals surface area (Å²) in [5.74, 6) is 0.986. The van der Waals surface area contributed by atoms with Crippen molar-refractivity contribution in [2.45, 2.75) is 70.6 Å². The number of ether oxygens (including phenoxy) is 2. The van der Waals surface area contributed by atoms with E-state index in [1.54, 1.807) is 30.3 Å². The minimum atomic E-state index is -2.77. The van der Waals surface area contributed by atoms with Crippen LogP contribution in [0.2, 0.25) is 0 Å². The molecule has 210 valence electrons. The Bertz CT molecular complexity index is 1300. The lowest BCUT2D eigenvalue weighted by molar-refractivity contribution is 0.0492. The van der Waals surface area contributed by atoms with E-state index in [2.05, 4.69) is 25.5 Å². The molecule has 1 aromatic carbocycles. The van der Waals surface area contributed by atoms with E-state index >= 15 is 0 Å². The summed E-state index contributed by atoms with van der Waals surface area (Å²) in [4.78, 5) is 27.9. The number of benzene rings is 1. The molecule has 1 saturated heterocycles. The summed E-state index contributed by atoms with van der Waals surface area (Å²) in [7, 11) is 0. The van der Waals surface area contributed by atoms with Crippen molar-refractivity contribution in [1.82, 2.24) is 24.8 Å². The number of alkyl carbamates (subject to hydrolysis) is 1. The number of nitrogens with one attached hydrogen (secondary N) is 2. The molecule has 10 nitrogen and oxygen atoms in total. The number of fused-ring (bicyclic) bond motifs is 1. The molecule has 5 rings (SSSR count). The van der Waals surface area contributed by atoms with Gasteiger partial charge in [0.25, 0.3) is 6.43 Å². The van der Waals surface area contributed by atoms with Gasteiger partial charge in [0.2, 0.25) is 5.95 Å². The van der Waals surface area contributed by atoms with Crippen molar-refractivity contribution in [2.24, 2.45) is 0 Å². The molecule has 1 aliphatic carbocycles. The highest BCUT2D eigenvalue weighted by Gasteiger charge is 2.27. The maximum absolute atomic E-state index is 14.1. The Morgan fingerprint density at radius 3 is 2.38 bits per heavy atom. The second-order valence-corrected chi connectivity index (χ2v) is 10.9. The lowest BCUT2D eigenvalue weighted by Crippen LogP contribution is -2.42. The number of rotatable bonds is 6. The molecule has 1 amide bonds. The Labute approximate surface area is 226 Å². The topological polar surface area (TPSA) is 106 Å². The normalized spacial score (nSPS) is 20.3. The highest BCUT2D eigenvalue weighted by molar-refractivity contribution is 5.78. The fraction of sp³-hybridized carbons (Fsp3) is 0.556. The van der Waals surface area contributed by atoms with Crippen molar-refractivity contribution in [2.75, 3.05) is 36.5 Å². The summed E-state index contributed by atoms with van der Waals surface area (Å²) in [6.07, 6.45) is -0.0617. The summed E-state index contributed by atoms with van der Waals surface area (Å²) in [5.41, 5.74) is 0.484. The van der Waals surface area contributed by atoms with E-state index in [0.717, 1.165) is 25.7 Å². The van der Waals surface area contributed by atoms with Crippen LogP contribution in [0, 0.1) is 0 Å². The van der Waals surface area contributed by atoms with Gasteiger partial charge in [0.1, 0.15) is 17.2 Å². The summed E-state index contributed by atoms with van der Waals surface area (Å²) < 4.78 is 40.5. The van der Waals surface area contributed by atoms with Gasteiger partial charge in [0.05, 0.1) is 24.2 Å². The molecule has 1 aliphatic heterocycles. The van der Waals surface area contributed by atoms with Crippen LogP contribution in [-0.4, -0.2) is 69.6 Å². The third-order valence-corrected chi connectivity index (χ3v) is 6.83. The fourth-order valence-corrected chi connectivity index (χ4v) is 5.03. The highest BCUT2D eigenvalue weighted by Crippen LogP contribution is 2.30. The first-order chi connectivity index (χ1) is 18.7. The Morgan fingerprint density at radius 2 is 1.69 bits per heavy atom. The standard InChI is InChI=1S/C27H35F2N7O3/c1-27(2,3)39-26(37)31-18-10-8-17(9-11-18)30-25-33-21(35-12-14-38-15-13-35)16-22(34-25)36-20-7-5-4-6-19(20)32-24(36)23(28)29/h4-7,16-18,23H,8-15H2,1-3H3,(H,31,37)(H,30,33,34). The van der Waals surface area contributed by atoms with Crippen LogP contribution in [-0.2, 0) is 9.47 Å². The van der Waals surface area contributed by atoms with Gasteiger partial charge in [-0.1, -0.05) is 12.1 Å². The number of morpholine rings is 1. The molecule has 12 heteroatoms. The minimum Gasteiger partial charge on any atom is -0.444 e. The second-order valence-electron chi connectivity index (χ2n) is 10.9. The third kappa shape index (κ3) is 6.55. The van der Waals surface area contributed by atoms with Crippen LogP contribution in [0.5, 0.6) is 0 Å². The van der Waals surface area contributed by atoms with Crippen molar-refractivity contribution < 1.29 is 23.0 Å². The molecule has 0 unspecified atom stereocenters. The number of carbonyl (C=O) groups is 1. The zero-order chi connectivity index (χ0) is 27.6. The fourth-order valence-electron chi connectivity index (χ4n) is 5.03. The molecule has 0 radical (unpaired) electrons. The van der Waals surface area contributed by atoms with Crippen LogP contribution in [0.3, 0.4) is 0 Å². The summed E-state index contributed by atoms with van der Waals surface area (Å²) in [6.45, 7) is 7.92. The number of amides is 1. The average molecular weight is 544 g/mol. The zero-order valence-electron chi connectivity index (χ0n) is 22.5. The molecule has 2 fully saturated rings. The van der Waals surface area contributed by atoms with E-state index in [1.165, 1.54) is 4.57 Å². The molecule has 2 aliphatic rings. The molecular weight excluding hydrogens is 508 g/mol. The molecule has 0 bridgehead atoms. The first-order valence-electron chi connectivity index (χ1n) is 13.4. The summed E-state index contributed by atoms with van der Waals surface area (Å²) in [6, 6.07) is 8.88. The van der Waals surface area contributed by atoms with Crippen LogP contribution in [0.15, 0.2) is 30.3 Å². The Kier molecular flexibility index (Phi) is 7.83. The minimum absolute atomic E-state index is 0.0278. The van der Waals surface area contributed by atoms with Gasteiger partial charge in [-0.25, -0.2) is 18.6 Å². The number of hydrogen-bond donors (Lipinski definition) is 2. The molecule has 39 heavy (non-hydrogen) atoms. The van der Waals surface area contributed by atoms with E-state index in [9.17, 15) is 13.6 Å². The number of alkyl halides is 2. The molecular formula is C27H35F2N7O3. The van der Waals surface area contributed by atoms with Gasteiger partial charge in [-0.3, -0.25) is 4.57 Å². The van der Waals surface area contributed by atoms with Crippen LogP contribution in [0.25, 0.3) is 16.9 Å². The van der Waals surface area contributed by atoms with Crippen LogP contribution in [0.1, 0.15) is 58.7 Å². The van der Waals surface area contributed by atoms with Crippen molar-refractivity contribution in [3.05, 3.63) is 36.2 Å². The van der Waals surface area contributed by atoms with Crippen molar-refractivity contribution in [3.8, 4) is 5.82 Å².